The van der Waals surface area contributed by atoms with Gasteiger partial charge < -0.3 is 4.74 Å². The Labute approximate surface area is 201 Å². The van der Waals surface area contributed by atoms with Crippen molar-refractivity contribution >= 4 is 39.2 Å². The van der Waals surface area contributed by atoms with Crippen LogP contribution in [0.4, 0.5) is 0 Å². The molecule has 0 atom stereocenters. The molecular weight excluding hydrogens is 442 g/mol. The molecule has 0 saturated heterocycles. The van der Waals surface area contributed by atoms with Crippen molar-refractivity contribution in [3.63, 3.8) is 0 Å². The summed E-state index contributed by atoms with van der Waals surface area (Å²) in [6.07, 6.45) is 4.20. The Bertz CT molecular complexity index is 1660. The summed E-state index contributed by atoms with van der Waals surface area (Å²) in [4.78, 5) is 40.8. The van der Waals surface area contributed by atoms with E-state index in [9.17, 15) is 9.59 Å². The van der Waals surface area contributed by atoms with Gasteiger partial charge in [-0.2, -0.15) is 0 Å². The highest BCUT2D eigenvalue weighted by molar-refractivity contribution is 6.06. The summed E-state index contributed by atoms with van der Waals surface area (Å²) in [5.41, 5.74) is 4.22. The molecule has 6 rings (SSSR count). The summed E-state index contributed by atoms with van der Waals surface area (Å²) in [6, 6.07) is 14.9. The number of hydrogen-bond acceptors (Lipinski definition) is 6. The van der Waals surface area contributed by atoms with E-state index in [0.717, 1.165) is 42.4 Å². The lowest BCUT2D eigenvalue weighted by molar-refractivity contribution is 0.0526. The Morgan fingerprint density at radius 1 is 0.971 bits per heavy atom. The van der Waals surface area contributed by atoms with Crippen LogP contribution in [0.5, 0.6) is 0 Å². The van der Waals surface area contributed by atoms with Crippen LogP contribution in [0.25, 0.3) is 38.9 Å². The molecule has 0 radical (unpaired) electrons. The number of rotatable bonds is 4. The Kier molecular flexibility index (Phi) is 5.09. The Morgan fingerprint density at radius 2 is 1.66 bits per heavy atom. The molecule has 0 aliphatic heterocycles. The maximum Gasteiger partial charge on any atom is 0.338 e. The second kappa shape index (κ2) is 8.30. The highest BCUT2D eigenvalue weighted by Crippen LogP contribution is 2.32. The molecule has 0 amide bonds. The van der Waals surface area contributed by atoms with Crippen molar-refractivity contribution in [3.05, 3.63) is 70.3 Å². The van der Waals surface area contributed by atoms with Crippen LogP contribution in [0.1, 0.15) is 54.8 Å². The molecule has 5 aromatic rings. The van der Waals surface area contributed by atoms with Gasteiger partial charge in [0.05, 0.1) is 23.2 Å². The van der Waals surface area contributed by atoms with Gasteiger partial charge in [0.2, 0.25) is 0 Å². The molecule has 0 N–H and O–H groups in total. The fourth-order valence-electron chi connectivity index (χ4n) is 5.21. The summed E-state index contributed by atoms with van der Waals surface area (Å²) in [6.45, 7) is 3.98. The minimum Gasteiger partial charge on any atom is -0.462 e. The van der Waals surface area contributed by atoms with Crippen molar-refractivity contribution in [1.82, 2.24) is 24.1 Å². The van der Waals surface area contributed by atoms with Gasteiger partial charge in [-0.3, -0.25) is 13.9 Å². The molecule has 2 aromatic carbocycles. The van der Waals surface area contributed by atoms with Gasteiger partial charge in [0.25, 0.3) is 5.56 Å². The van der Waals surface area contributed by atoms with Crippen LogP contribution in [-0.2, 0) is 4.74 Å². The molecule has 35 heavy (non-hydrogen) atoms. The van der Waals surface area contributed by atoms with E-state index >= 15 is 0 Å². The number of ether oxygens (including phenoxy) is 1. The average molecular weight is 468 g/mol. The number of aromatic nitrogens is 5. The van der Waals surface area contributed by atoms with E-state index in [1.165, 1.54) is 0 Å². The van der Waals surface area contributed by atoms with Crippen LogP contribution in [0.2, 0.25) is 0 Å². The first-order valence-corrected chi connectivity index (χ1v) is 12.0. The highest BCUT2D eigenvalue weighted by Gasteiger charge is 2.26. The smallest absolute Gasteiger partial charge is 0.338 e. The van der Waals surface area contributed by atoms with E-state index < -0.39 is 0 Å². The third-order valence-electron chi connectivity index (χ3n) is 6.81. The Balaban J connectivity index is 1.67. The largest absolute Gasteiger partial charge is 0.462 e. The van der Waals surface area contributed by atoms with Gasteiger partial charge in [-0.1, -0.05) is 25.0 Å². The van der Waals surface area contributed by atoms with E-state index in [4.69, 9.17) is 19.7 Å². The SMILES string of the molecule is CCOC(=O)c1ccc(-n2c3nc4ccccc4nc3c3c(=O)n(C4CCCC4)c(C)nc32)cc1. The van der Waals surface area contributed by atoms with E-state index in [-0.39, 0.29) is 17.6 Å². The van der Waals surface area contributed by atoms with Crippen LogP contribution >= 0.6 is 0 Å². The van der Waals surface area contributed by atoms with Crippen molar-refractivity contribution < 1.29 is 9.53 Å². The van der Waals surface area contributed by atoms with Crippen molar-refractivity contribution in [2.45, 2.75) is 45.6 Å². The van der Waals surface area contributed by atoms with E-state index in [1.54, 1.807) is 19.1 Å². The minimum absolute atomic E-state index is 0.0733. The van der Waals surface area contributed by atoms with E-state index in [0.29, 0.717) is 40.2 Å². The standard InChI is InChI=1S/C27H25N5O3/c1-3-35-27(34)17-12-14-19(15-13-17)32-24-22(23-25(32)30-21-11-7-6-10-20(21)29-23)26(33)31(16(2)28-24)18-8-4-5-9-18/h6-7,10-15,18H,3-5,8-9H2,1-2H3. The van der Waals surface area contributed by atoms with Gasteiger partial charge in [0.15, 0.2) is 11.3 Å². The molecule has 1 fully saturated rings. The maximum atomic E-state index is 13.9. The number of para-hydroxylation sites is 2. The molecule has 3 heterocycles. The molecule has 1 aliphatic rings. The molecule has 8 nitrogen and oxygen atoms in total. The number of benzene rings is 2. The van der Waals surface area contributed by atoms with E-state index in [1.807, 2.05) is 52.5 Å². The van der Waals surface area contributed by atoms with Gasteiger partial charge in [0.1, 0.15) is 16.7 Å². The summed E-state index contributed by atoms with van der Waals surface area (Å²) in [5, 5.41) is 0.477. The summed E-state index contributed by atoms with van der Waals surface area (Å²) in [7, 11) is 0. The minimum atomic E-state index is -0.375. The summed E-state index contributed by atoms with van der Waals surface area (Å²) in [5.74, 6) is 0.312. The van der Waals surface area contributed by atoms with Crippen LogP contribution in [0.3, 0.4) is 0 Å². The quantitative estimate of drug-likeness (QED) is 0.350. The first kappa shape index (κ1) is 21.5. The predicted molar refractivity (Wildman–Crippen MR) is 134 cm³/mol. The number of fused-ring (bicyclic) bond motifs is 4. The molecule has 8 heteroatoms. The lowest BCUT2D eigenvalue weighted by atomic mass is 10.2. The number of carbonyl (C=O) groups excluding carboxylic acids is 1. The van der Waals surface area contributed by atoms with Crippen molar-refractivity contribution in [2.24, 2.45) is 0 Å². The first-order valence-electron chi connectivity index (χ1n) is 12.0. The monoisotopic (exact) mass is 467 g/mol. The molecular formula is C27H25N5O3. The lowest BCUT2D eigenvalue weighted by Crippen LogP contribution is -2.27. The zero-order valence-corrected chi connectivity index (χ0v) is 19.7. The summed E-state index contributed by atoms with van der Waals surface area (Å²) < 4.78 is 8.83. The molecule has 1 aliphatic carbocycles. The van der Waals surface area contributed by atoms with Crippen LogP contribution in [0, 0.1) is 6.92 Å². The van der Waals surface area contributed by atoms with Crippen LogP contribution in [-0.4, -0.2) is 36.7 Å². The molecule has 176 valence electrons. The second-order valence-electron chi connectivity index (χ2n) is 8.96. The van der Waals surface area contributed by atoms with Crippen molar-refractivity contribution in [1.29, 1.82) is 0 Å². The first-order chi connectivity index (χ1) is 17.1. The van der Waals surface area contributed by atoms with E-state index in [2.05, 4.69) is 0 Å². The van der Waals surface area contributed by atoms with Gasteiger partial charge in [-0.15, -0.1) is 0 Å². The zero-order valence-electron chi connectivity index (χ0n) is 19.7. The predicted octanol–water partition coefficient (Wildman–Crippen LogP) is 4.88. The van der Waals surface area contributed by atoms with Crippen molar-refractivity contribution in [2.75, 3.05) is 6.61 Å². The molecule has 1 saturated carbocycles. The third kappa shape index (κ3) is 3.39. The lowest BCUT2D eigenvalue weighted by Gasteiger charge is -2.16. The fourth-order valence-corrected chi connectivity index (χ4v) is 5.21. The van der Waals surface area contributed by atoms with Gasteiger partial charge >= 0.3 is 5.97 Å². The second-order valence-corrected chi connectivity index (χ2v) is 8.96. The topological polar surface area (TPSA) is 91.9 Å². The summed E-state index contributed by atoms with van der Waals surface area (Å²) >= 11 is 0. The third-order valence-corrected chi connectivity index (χ3v) is 6.81. The Morgan fingerprint density at radius 3 is 2.34 bits per heavy atom. The van der Waals surface area contributed by atoms with Crippen LogP contribution in [0.15, 0.2) is 53.3 Å². The maximum absolute atomic E-state index is 13.9. The fraction of sp³-hybridized carbons (Fsp3) is 0.296. The van der Waals surface area contributed by atoms with Gasteiger partial charge in [-0.05, 0) is 63.1 Å². The normalized spacial score (nSPS) is 14.3. The number of nitrogens with zero attached hydrogens (tertiary/aromatic N) is 5. The Hall–Kier alpha value is -4.07. The van der Waals surface area contributed by atoms with Gasteiger partial charge in [0, 0.05) is 11.7 Å². The molecule has 0 spiro atoms. The van der Waals surface area contributed by atoms with Crippen LogP contribution < -0.4 is 5.56 Å². The number of esters is 1. The number of aryl methyl sites for hydroxylation is 1. The van der Waals surface area contributed by atoms with Gasteiger partial charge in [-0.25, -0.2) is 19.7 Å². The number of hydrogen-bond donors (Lipinski definition) is 0. The highest BCUT2D eigenvalue weighted by atomic mass is 16.5. The zero-order chi connectivity index (χ0) is 24.1. The molecule has 3 aromatic heterocycles. The number of carbonyl (C=O) groups is 1. The molecule has 0 bridgehead atoms. The van der Waals surface area contributed by atoms with Crippen molar-refractivity contribution in [3.8, 4) is 5.69 Å². The average Bonchev–Trinajstić information content (AvgIpc) is 3.49. The molecule has 0 unspecified atom stereocenters.